The Hall–Kier alpha value is -4.45. The largest absolute Gasteiger partial charge is 0.494 e. The van der Waals surface area contributed by atoms with Gasteiger partial charge in [0, 0.05) is 22.9 Å². The van der Waals surface area contributed by atoms with Crippen LogP contribution in [0.1, 0.15) is 22.8 Å². The molecular weight excluding hydrogens is 476 g/mol. The molecule has 3 N–H and O–H groups in total. The lowest BCUT2D eigenvalue weighted by molar-refractivity contribution is -0.385. The van der Waals surface area contributed by atoms with Crippen LogP contribution in [-0.2, 0) is 21.2 Å². The molecule has 12 heteroatoms. The number of anilines is 1. The van der Waals surface area contributed by atoms with Crippen molar-refractivity contribution in [1.82, 2.24) is 10.9 Å². The molecule has 0 heterocycles. The highest BCUT2D eigenvalue weighted by atomic mass is 32.2. The third-order valence-electron chi connectivity index (χ3n) is 4.70. The lowest BCUT2D eigenvalue weighted by Gasteiger charge is -2.10. The quantitative estimate of drug-likeness (QED) is 0.302. The van der Waals surface area contributed by atoms with E-state index < -0.39 is 26.8 Å². The van der Waals surface area contributed by atoms with Crippen molar-refractivity contribution in [2.75, 3.05) is 11.3 Å². The first-order valence-electron chi connectivity index (χ1n) is 10.4. The lowest BCUT2D eigenvalue weighted by atomic mass is 10.1. The Bertz CT molecular complexity index is 1320. The Morgan fingerprint density at radius 1 is 0.943 bits per heavy atom. The van der Waals surface area contributed by atoms with Crippen LogP contribution < -0.4 is 20.3 Å². The van der Waals surface area contributed by atoms with Crippen LogP contribution in [0.5, 0.6) is 5.75 Å². The fourth-order valence-corrected chi connectivity index (χ4v) is 4.10. The number of hydrazine groups is 1. The number of rotatable bonds is 9. The maximum Gasteiger partial charge on any atom is 0.273 e. The highest BCUT2D eigenvalue weighted by molar-refractivity contribution is 7.92. The normalized spacial score (nSPS) is 10.8. The minimum Gasteiger partial charge on any atom is -0.494 e. The van der Waals surface area contributed by atoms with E-state index in [4.69, 9.17) is 4.74 Å². The highest BCUT2D eigenvalue weighted by Gasteiger charge is 2.17. The van der Waals surface area contributed by atoms with Gasteiger partial charge >= 0.3 is 0 Å². The summed E-state index contributed by atoms with van der Waals surface area (Å²) in [5.74, 6) is -0.745. The molecule has 0 atom stereocenters. The van der Waals surface area contributed by atoms with E-state index in [9.17, 15) is 28.1 Å². The van der Waals surface area contributed by atoms with Crippen LogP contribution in [0.15, 0.2) is 77.7 Å². The minimum atomic E-state index is -3.85. The zero-order valence-electron chi connectivity index (χ0n) is 18.6. The highest BCUT2D eigenvalue weighted by Crippen LogP contribution is 2.20. The molecule has 0 unspecified atom stereocenters. The van der Waals surface area contributed by atoms with Gasteiger partial charge in [-0.05, 0) is 55.5 Å². The van der Waals surface area contributed by atoms with E-state index in [1.165, 1.54) is 54.6 Å². The Labute approximate surface area is 201 Å². The van der Waals surface area contributed by atoms with E-state index in [2.05, 4.69) is 15.6 Å². The first-order chi connectivity index (χ1) is 16.7. The number of hydrogen-bond donors (Lipinski definition) is 3. The molecule has 3 rings (SSSR count). The molecule has 0 saturated carbocycles. The molecule has 0 aliphatic rings. The molecule has 0 fully saturated rings. The number of hydrogen-bond acceptors (Lipinski definition) is 7. The Balaban J connectivity index is 1.57. The first-order valence-corrected chi connectivity index (χ1v) is 11.8. The number of carbonyl (C=O) groups is 2. The van der Waals surface area contributed by atoms with Crippen molar-refractivity contribution in [3.05, 3.63) is 94.0 Å². The third kappa shape index (κ3) is 6.77. The summed E-state index contributed by atoms with van der Waals surface area (Å²) in [5.41, 5.74) is 4.81. The van der Waals surface area contributed by atoms with Gasteiger partial charge in [0.1, 0.15) is 5.75 Å². The molecule has 0 bridgehead atoms. The molecule has 3 aromatic rings. The van der Waals surface area contributed by atoms with Gasteiger partial charge in [-0.1, -0.05) is 18.2 Å². The number of nitro benzene ring substituents is 1. The van der Waals surface area contributed by atoms with Gasteiger partial charge in [0.2, 0.25) is 5.91 Å². The van der Waals surface area contributed by atoms with Crippen molar-refractivity contribution in [2.24, 2.45) is 0 Å². The Morgan fingerprint density at radius 3 is 2.23 bits per heavy atom. The SMILES string of the molecule is CCOc1ccc(S(=O)(=O)Nc2ccc(C(=O)NNC(=O)Cc3ccccc3[N+](=O)[O-])cc2)cc1. The number of nitro groups is 1. The minimum absolute atomic E-state index is 0.0455. The zero-order chi connectivity index (χ0) is 25.4. The van der Waals surface area contributed by atoms with E-state index in [-0.39, 0.29) is 33.8 Å². The van der Waals surface area contributed by atoms with Crippen molar-refractivity contribution in [3.8, 4) is 5.75 Å². The standard InChI is InChI=1S/C23H22N4O7S/c1-2-34-19-11-13-20(14-12-19)35(32,33)26-18-9-7-16(8-10-18)23(29)25-24-22(28)15-17-5-3-4-6-21(17)27(30)31/h3-14,26H,2,15H2,1H3,(H,24,28)(H,25,29). The fourth-order valence-electron chi connectivity index (χ4n) is 3.04. The number of benzene rings is 3. The predicted octanol–water partition coefficient (Wildman–Crippen LogP) is 2.80. The summed E-state index contributed by atoms with van der Waals surface area (Å²) in [6.45, 7) is 2.28. The van der Waals surface area contributed by atoms with E-state index in [0.29, 0.717) is 12.4 Å². The van der Waals surface area contributed by atoms with Crippen LogP contribution in [0, 0.1) is 10.1 Å². The number of nitrogens with zero attached hydrogens (tertiary/aromatic N) is 1. The summed E-state index contributed by atoms with van der Waals surface area (Å²) < 4.78 is 32.8. The maximum absolute atomic E-state index is 12.6. The number of carbonyl (C=O) groups excluding carboxylic acids is 2. The van der Waals surface area contributed by atoms with Crippen molar-refractivity contribution in [1.29, 1.82) is 0 Å². The van der Waals surface area contributed by atoms with Gasteiger partial charge in [0.25, 0.3) is 21.6 Å². The smallest absolute Gasteiger partial charge is 0.273 e. The number of sulfonamides is 1. The summed E-state index contributed by atoms with van der Waals surface area (Å²) in [5, 5.41) is 11.0. The van der Waals surface area contributed by atoms with Gasteiger partial charge in [-0.3, -0.25) is 35.3 Å². The van der Waals surface area contributed by atoms with Gasteiger partial charge in [0.15, 0.2) is 0 Å². The van der Waals surface area contributed by atoms with Crippen molar-refractivity contribution in [3.63, 3.8) is 0 Å². The predicted molar refractivity (Wildman–Crippen MR) is 127 cm³/mol. The fraction of sp³-hybridized carbons (Fsp3) is 0.130. The van der Waals surface area contributed by atoms with Gasteiger partial charge in [-0.15, -0.1) is 0 Å². The average Bonchev–Trinajstić information content (AvgIpc) is 2.83. The van der Waals surface area contributed by atoms with E-state index in [1.54, 1.807) is 18.2 Å². The molecule has 3 aromatic carbocycles. The molecular formula is C23H22N4O7S. The van der Waals surface area contributed by atoms with Crippen molar-refractivity contribution >= 4 is 33.2 Å². The van der Waals surface area contributed by atoms with Crippen molar-refractivity contribution in [2.45, 2.75) is 18.2 Å². The second-order valence-electron chi connectivity index (χ2n) is 7.15. The summed E-state index contributed by atoms with van der Waals surface area (Å²) in [6, 6.07) is 17.3. The number of para-hydroxylation sites is 1. The van der Waals surface area contributed by atoms with Gasteiger partial charge in [-0.2, -0.15) is 0 Å². The van der Waals surface area contributed by atoms with Crippen LogP contribution in [0.2, 0.25) is 0 Å². The molecule has 0 spiro atoms. The van der Waals surface area contributed by atoms with Gasteiger partial charge < -0.3 is 4.74 Å². The molecule has 182 valence electrons. The van der Waals surface area contributed by atoms with Crippen LogP contribution in [0.3, 0.4) is 0 Å². The summed E-state index contributed by atoms with van der Waals surface area (Å²) in [4.78, 5) is 34.9. The monoisotopic (exact) mass is 498 g/mol. The Kier molecular flexibility index (Phi) is 8.00. The third-order valence-corrected chi connectivity index (χ3v) is 6.10. The molecule has 35 heavy (non-hydrogen) atoms. The van der Waals surface area contributed by atoms with Crippen LogP contribution in [0.25, 0.3) is 0 Å². The molecule has 2 amide bonds. The Morgan fingerprint density at radius 2 is 1.60 bits per heavy atom. The summed E-state index contributed by atoms with van der Waals surface area (Å²) in [7, 11) is -3.85. The molecule has 0 saturated heterocycles. The lowest BCUT2D eigenvalue weighted by Crippen LogP contribution is -2.42. The van der Waals surface area contributed by atoms with E-state index >= 15 is 0 Å². The molecule has 0 aromatic heterocycles. The van der Waals surface area contributed by atoms with Crippen LogP contribution >= 0.6 is 0 Å². The summed E-state index contributed by atoms with van der Waals surface area (Å²) >= 11 is 0. The second kappa shape index (κ2) is 11.1. The molecule has 0 aliphatic heterocycles. The summed E-state index contributed by atoms with van der Waals surface area (Å²) in [6.07, 6.45) is -0.302. The first kappa shape index (κ1) is 25.2. The van der Waals surface area contributed by atoms with E-state index in [0.717, 1.165) is 0 Å². The number of amides is 2. The van der Waals surface area contributed by atoms with Gasteiger partial charge in [0.05, 0.1) is 22.8 Å². The average molecular weight is 499 g/mol. The van der Waals surface area contributed by atoms with E-state index in [1.807, 2.05) is 6.92 Å². The van der Waals surface area contributed by atoms with Gasteiger partial charge in [-0.25, -0.2) is 8.42 Å². The molecule has 0 aliphatic carbocycles. The van der Waals surface area contributed by atoms with Crippen LogP contribution in [-0.4, -0.2) is 31.8 Å². The number of ether oxygens (including phenoxy) is 1. The topological polar surface area (TPSA) is 157 Å². The maximum atomic E-state index is 12.6. The second-order valence-corrected chi connectivity index (χ2v) is 8.83. The zero-order valence-corrected chi connectivity index (χ0v) is 19.4. The molecule has 11 nitrogen and oxygen atoms in total. The van der Waals surface area contributed by atoms with Crippen molar-refractivity contribution < 1.29 is 27.7 Å². The number of nitrogens with one attached hydrogen (secondary N) is 3. The molecule has 0 radical (unpaired) electrons. The van der Waals surface area contributed by atoms with Crippen LogP contribution in [0.4, 0.5) is 11.4 Å².